The van der Waals surface area contributed by atoms with Gasteiger partial charge in [0.25, 0.3) is 0 Å². The van der Waals surface area contributed by atoms with Crippen molar-refractivity contribution >= 4 is 23.2 Å². The van der Waals surface area contributed by atoms with E-state index in [1.807, 2.05) is 18.2 Å². The highest BCUT2D eigenvalue weighted by Gasteiger charge is 2.36. The number of fused-ring (bicyclic) bond motifs is 1. The quantitative estimate of drug-likeness (QED) is 0.854. The summed E-state index contributed by atoms with van der Waals surface area (Å²) in [6.07, 6.45) is 1.21. The summed E-state index contributed by atoms with van der Waals surface area (Å²) < 4.78 is 10.6. The summed E-state index contributed by atoms with van der Waals surface area (Å²) in [4.78, 5) is 27.2. The number of hydrogen-bond acceptors (Lipinski definition) is 4. The lowest BCUT2D eigenvalue weighted by Crippen LogP contribution is -2.29. The minimum Gasteiger partial charge on any atom is -0.454 e. The van der Waals surface area contributed by atoms with Crippen LogP contribution in [0.25, 0.3) is 0 Å². The van der Waals surface area contributed by atoms with Crippen molar-refractivity contribution < 1.29 is 19.1 Å². The van der Waals surface area contributed by atoms with E-state index in [-0.39, 0.29) is 30.9 Å². The van der Waals surface area contributed by atoms with E-state index in [4.69, 9.17) is 9.47 Å². The summed E-state index contributed by atoms with van der Waals surface area (Å²) in [5.41, 5.74) is 2.70. The number of amides is 2. The Morgan fingerprint density at radius 1 is 1.21 bits per heavy atom. The van der Waals surface area contributed by atoms with Crippen LogP contribution in [-0.4, -0.2) is 25.2 Å². The Labute approximate surface area is 164 Å². The van der Waals surface area contributed by atoms with Crippen molar-refractivity contribution in [2.75, 3.05) is 23.6 Å². The zero-order valence-electron chi connectivity index (χ0n) is 16.1. The zero-order chi connectivity index (χ0) is 19.7. The molecule has 2 amide bonds. The van der Waals surface area contributed by atoms with Gasteiger partial charge in [-0.3, -0.25) is 9.59 Å². The molecule has 0 aliphatic carbocycles. The molecule has 4 rings (SSSR count). The van der Waals surface area contributed by atoms with Gasteiger partial charge in [-0.2, -0.15) is 0 Å². The van der Waals surface area contributed by atoms with E-state index in [0.717, 1.165) is 17.7 Å². The van der Waals surface area contributed by atoms with Gasteiger partial charge in [-0.25, -0.2) is 0 Å². The maximum atomic E-state index is 12.8. The summed E-state index contributed by atoms with van der Waals surface area (Å²) in [6.45, 7) is 4.87. The Morgan fingerprint density at radius 3 is 2.82 bits per heavy atom. The van der Waals surface area contributed by atoms with Gasteiger partial charge in [-0.15, -0.1) is 0 Å². The molecule has 0 aromatic heterocycles. The highest BCUT2D eigenvalue weighted by Crippen LogP contribution is 2.36. The molecule has 2 aromatic rings. The summed E-state index contributed by atoms with van der Waals surface area (Å²) in [5, 5.41) is 2.90. The van der Waals surface area contributed by atoms with Gasteiger partial charge in [0.2, 0.25) is 18.6 Å². The molecular weight excluding hydrogens is 356 g/mol. The van der Waals surface area contributed by atoms with Crippen LogP contribution in [0.3, 0.4) is 0 Å². The zero-order valence-corrected chi connectivity index (χ0v) is 16.1. The monoisotopic (exact) mass is 380 g/mol. The summed E-state index contributed by atoms with van der Waals surface area (Å²) >= 11 is 0. The minimum atomic E-state index is -0.386. The van der Waals surface area contributed by atoms with Crippen molar-refractivity contribution in [3.63, 3.8) is 0 Å². The van der Waals surface area contributed by atoms with Crippen molar-refractivity contribution in [1.82, 2.24) is 0 Å². The number of nitrogens with one attached hydrogen (secondary N) is 1. The Bertz CT molecular complexity index is 911. The van der Waals surface area contributed by atoms with E-state index >= 15 is 0 Å². The molecule has 0 saturated carbocycles. The number of carbonyl (C=O) groups is 2. The van der Waals surface area contributed by atoms with Crippen molar-refractivity contribution in [3.05, 3.63) is 48.0 Å². The van der Waals surface area contributed by atoms with E-state index < -0.39 is 0 Å². The Morgan fingerprint density at radius 2 is 2.00 bits per heavy atom. The Hall–Kier alpha value is -3.02. The van der Waals surface area contributed by atoms with Gasteiger partial charge < -0.3 is 19.7 Å². The number of benzene rings is 2. The van der Waals surface area contributed by atoms with E-state index in [1.165, 1.54) is 0 Å². The van der Waals surface area contributed by atoms with Crippen LogP contribution < -0.4 is 19.7 Å². The first-order chi connectivity index (χ1) is 13.6. The summed E-state index contributed by atoms with van der Waals surface area (Å²) in [5.74, 6) is 1.08. The summed E-state index contributed by atoms with van der Waals surface area (Å²) in [7, 11) is 0. The van der Waals surface area contributed by atoms with Crippen molar-refractivity contribution in [2.24, 2.45) is 5.92 Å². The Balaban J connectivity index is 1.48. The van der Waals surface area contributed by atoms with Crippen LogP contribution in [0.4, 0.5) is 11.4 Å². The second-order valence-corrected chi connectivity index (χ2v) is 7.33. The van der Waals surface area contributed by atoms with Gasteiger partial charge in [0.1, 0.15) is 0 Å². The second kappa shape index (κ2) is 7.54. The smallest absolute Gasteiger partial charge is 0.231 e. The molecule has 2 atom stereocenters. The number of rotatable bonds is 5. The summed E-state index contributed by atoms with van der Waals surface area (Å²) in [6, 6.07) is 13.3. The van der Waals surface area contributed by atoms with Gasteiger partial charge in [0.05, 0.1) is 5.92 Å². The average Bonchev–Trinajstić information content (AvgIpc) is 3.33. The van der Waals surface area contributed by atoms with Crippen molar-refractivity contribution in [3.8, 4) is 11.5 Å². The van der Waals surface area contributed by atoms with Gasteiger partial charge in [-0.05, 0) is 36.1 Å². The lowest BCUT2D eigenvalue weighted by atomic mass is 9.96. The molecule has 0 spiro atoms. The van der Waals surface area contributed by atoms with Gasteiger partial charge in [0, 0.05) is 30.4 Å². The van der Waals surface area contributed by atoms with Gasteiger partial charge in [0.15, 0.2) is 11.5 Å². The molecule has 2 heterocycles. The highest BCUT2D eigenvalue weighted by atomic mass is 16.7. The van der Waals surface area contributed by atoms with Crippen LogP contribution in [0.1, 0.15) is 38.2 Å². The molecule has 1 saturated heterocycles. The largest absolute Gasteiger partial charge is 0.454 e. The van der Waals surface area contributed by atoms with Crippen molar-refractivity contribution in [1.29, 1.82) is 0 Å². The molecule has 1 N–H and O–H groups in total. The third-order valence-corrected chi connectivity index (χ3v) is 5.51. The Kier molecular flexibility index (Phi) is 4.94. The maximum absolute atomic E-state index is 12.8. The van der Waals surface area contributed by atoms with Crippen LogP contribution in [-0.2, 0) is 9.59 Å². The third-order valence-electron chi connectivity index (χ3n) is 5.51. The number of anilines is 2. The van der Waals surface area contributed by atoms with Gasteiger partial charge in [-0.1, -0.05) is 32.0 Å². The highest BCUT2D eigenvalue weighted by molar-refractivity contribution is 6.04. The molecule has 2 aromatic carbocycles. The maximum Gasteiger partial charge on any atom is 0.231 e. The molecule has 2 aliphatic rings. The molecule has 6 heteroatoms. The SMILES string of the molecule is CC[C@H](C)c1ccccc1N1C[C@H](C(=O)Nc2ccc3c(c2)OCO3)CC1=O. The molecular formula is C22H24N2O4. The van der Waals surface area contributed by atoms with E-state index in [2.05, 4.69) is 25.2 Å². The van der Waals surface area contributed by atoms with Crippen LogP contribution in [0.5, 0.6) is 11.5 Å². The van der Waals surface area contributed by atoms with E-state index in [1.54, 1.807) is 23.1 Å². The number of hydrogen-bond donors (Lipinski definition) is 1. The fourth-order valence-electron chi connectivity index (χ4n) is 3.70. The molecule has 1 fully saturated rings. The van der Waals surface area contributed by atoms with E-state index in [9.17, 15) is 9.59 Å². The number of carbonyl (C=O) groups excluding carboxylic acids is 2. The molecule has 2 aliphatic heterocycles. The predicted molar refractivity (Wildman–Crippen MR) is 107 cm³/mol. The topological polar surface area (TPSA) is 67.9 Å². The first-order valence-electron chi connectivity index (χ1n) is 9.66. The van der Waals surface area contributed by atoms with E-state index in [0.29, 0.717) is 29.6 Å². The van der Waals surface area contributed by atoms with Gasteiger partial charge >= 0.3 is 0 Å². The van der Waals surface area contributed by atoms with Crippen LogP contribution in [0, 0.1) is 5.92 Å². The molecule has 0 radical (unpaired) electrons. The third kappa shape index (κ3) is 3.42. The van der Waals surface area contributed by atoms with Crippen LogP contribution in [0.2, 0.25) is 0 Å². The molecule has 28 heavy (non-hydrogen) atoms. The molecule has 146 valence electrons. The van der Waals surface area contributed by atoms with Crippen LogP contribution in [0.15, 0.2) is 42.5 Å². The fraction of sp³-hybridized carbons (Fsp3) is 0.364. The van der Waals surface area contributed by atoms with Crippen LogP contribution >= 0.6 is 0 Å². The lowest BCUT2D eigenvalue weighted by molar-refractivity contribution is -0.122. The second-order valence-electron chi connectivity index (χ2n) is 7.33. The molecule has 6 nitrogen and oxygen atoms in total. The lowest BCUT2D eigenvalue weighted by Gasteiger charge is -2.23. The fourth-order valence-corrected chi connectivity index (χ4v) is 3.70. The molecule has 0 bridgehead atoms. The number of nitrogens with zero attached hydrogens (tertiary/aromatic N) is 1. The first-order valence-corrected chi connectivity index (χ1v) is 9.66. The average molecular weight is 380 g/mol. The van der Waals surface area contributed by atoms with Crippen molar-refractivity contribution in [2.45, 2.75) is 32.6 Å². The number of ether oxygens (including phenoxy) is 2. The normalized spacial score (nSPS) is 19.0. The first kappa shape index (κ1) is 18.3. The number of para-hydroxylation sites is 1. The minimum absolute atomic E-state index is 0.0124. The standard InChI is InChI=1S/C22H24N2O4/c1-3-14(2)17-6-4-5-7-18(17)24-12-15(10-21(24)25)22(26)23-16-8-9-19-20(11-16)28-13-27-19/h4-9,11,14-15H,3,10,12-13H2,1-2H3,(H,23,26)/t14-,15+/m0/s1. The predicted octanol–water partition coefficient (Wildman–Crippen LogP) is 3.92. The molecule has 0 unspecified atom stereocenters.